The van der Waals surface area contributed by atoms with Crippen LogP contribution in [0, 0.1) is 0 Å². The highest BCUT2D eigenvalue weighted by Gasteiger charge is 2.52. The summed E-state index contributed by atoms with van der Waals surface area (Å²) in [6.07, 6.45) is 0. The highest BCUT2D eigenvalue weighted by molar-refractivity contribution is 7.26. The van der Waals surface area contributed by atoms with Crippen molar-refractivity contribution in [3.8, 4) is 33.4 Å². The minimum absolute atomic E-state index is 0.415. The van der Waals surface area contributed by atoms with E-state index in [1.807, 2.05) is 11.3 Å². The molecule has 55 heavy (non-hydrogen) atoms. The molecule has 0 atom stereocenters. The van der Waals surface area contributed by atoms with Crippen LogP contribution in [0.1, 0.15) is 22.3 Å². The number of anilines is 3. The van der Waals surface area contributed by atoms with Crippen molar-refractivity contribution >= 4 is 59.3 Å². The number of hydrogen-bond acceptors (Lipinski definition) is 2. The summed E-state index contributed by atoms with van der Waals surface area (Å²) in [6.45, 7) is 0. The topological polar surface area (TPSA) is 3.24 Å². The van der Waals surface area contributed by atoms with E-state index in [-0.39, 0.29) is 0 Å². The van der Waals surface area contributed by atoms with Gasteiger partial charge in [0.15, 0.2) is 0 Å². The molecule has 2 aliphatic carbocycles. The second-order valence-electron chi connectivity index (χ2n) is 14.8. The highest BCUT2D eigenvalue weighted by Crippen LogP contribution is 2.64. The second-order valence-corrected chi connectivity index (χ2v) is 15.9. The monoisotopic (exact) mass is 715 g/mol. The molecule has 0 amide bonds. The van der Waals surface area contributed by atoms with E-state index in [0.717, 1.165) is 5.69 Å². The van der Waals surface area contributed by atoms with E-state index < -0.39 is 5.41 Å². The van der Waals surface area contributed by atoms with Gasteiger partial charge in [0.25, 0.3) is 0 Å². The molecular formula is C53H33NS. The summed E-state index contributed by atoms with van der Waals surface area (Å²) in [5, 5.41) is 5.09. The van der Waals surface area contributed by atoms with E-state index in [1.165, 1.54) is 98.0 Å². The molecule has 2 aliphatic rings. The molecule has 0 fully saturated rings. The average molecular weight is 716 g/mol. The van der Waals surface area contributed by atoms with E-state index in [9.17, 15) is 0 Å². The molecule has 1 heterocycles. The maximum absolute atomic E-state index is 2.53. The van der Waals surface area contributed by atoms with Gasteiger partial charge in [-0.3, -0.25) is 0 Å². The van der Waals surface area contributed by atoms with Crippen LogP contribution in [0.25, 0.3) is 64.3 Å². The Kier molecular flexibility index (Phi) is 6.49. The molecule has 0 saturated heterocycles. The molecule has 1 spiro atoms. The van der Waals surface area contributed by atoms with Crippen molar-refractivity contribution in [2.24, 2.45) is 0 Å². The number of rotatable bonds is 4. The fourth-order valence-electron chi connectivity index (χ4n) is 9.83. The lowest BCUT2D eigenvalue weighted by molar-refractivity contribution is 0.794. The first-order valence-electron chi connectivity index (χ1n) is 19.0. The van der Waals surface area contributed by atoms with Crippen LogP contribution in [-0.4, -0.2) is 0 Å². The third kappa shape index (κ3) is 4.23. The normalized spacial score (nSPS) is 13.2. The van der Waals surface area contributed by atoms with Crippen LogP contribution in [0.4, 0.5) is 17.1 Å². The third-order valence-corrected chi connectivity index (χ3v) is 13.2. The molecule has 0 N–H and O–H groups in total. The fourth-order valence-corrected chi connectivity index (χ4v) is 11.0. The van der Waals surface area contributed by atoms with Gasteiger partial charge in [-0.2, -0.15) is 0 Å². The first-order valence-corrected chi connectivity index (χ1v) is 19.8. The lowest BCUT2D eigenvalue weighted by atomic mass is 9.70. The number of fused-ring (bicyclic) bond motifs is 14. The fraction of sp³-hybridized carbons (Fsp3) is 0.0189. The quantitative estimate of drug-likeness (QED) is 0.175. The van der Waals surface area contributed by atoms with Gasteiger partial charge in [-0.15, -0.1) is 11.3 Å². The summed E-state index contributed by atoms with van der Waals surface area (Å²) in [5.41, 5.74) is 16.1. The van der Waals surface area contributed by atoms with Gasteiger partial charge in [0.1, 0.15) is 0 Å². The summed E-state index contributed by atoms with van der Waals surface area (Å²) < 4.78 is 2.60. The third-order valence-electron chi connectivity index (χ3n) is 12.1. The Morgan fingerprint density at radius 1 is 0.382 bits per heavy atom. The van der Waals surface area contributed by atoms with Crippen LogP contribution in [0.15, 0.2) is 200 Å². The Balaban J connectivity index is 1.14. The molecular weight excluding hydrogens is 683 g/mol. The zero-order chi connectivity index (χ0) is 36.1. The summed E-state index contributed by atoms with van der Waals surface area (Å²) in [7, 11) is 0. The molecule has 256 valence electrons. The molecule has 0 aliphatic heterocycles. The largest absolute Gasteiger partial charge is 0.309 e. The van der Waals surface area contributed by atoms with Gasteiger partial charge in [0.05, 0.1) is 16.8 Å². The van der Waals surface area contributed by atoms with Crippen molar-refractivity contribution in [2.45, 2.75) is 5.41 Å². The Morgan fingerprint density at radius 2 is 0.945 bits per heavy atom. The van der Waals surface area contributed by atoms with E-state index in [4.69, 9.17) is 0 Å². The maximum Gasteiger partial charge on any atom is 0.0726 e. The van der Waals surface area contributed by atoms with Gasteiger partial charge in [-0.1, -0.05) is 158 Å². The number of nitrogens with zero attached hydrogens (tertiary/aromatic N) is 1. The van der Waals surface area contributed by atoms with Gasteiger partial charge in [-0.05, 0) is 103 Å². The van der Waals surface area contributed by atoms with Crippen molar-refractivity contribution in [1.82, 2.24) is 0 Å². The van der Waals surface area contributed by atoms with Gasteiger partial charge < -0.3 is 4.90 Å². The van der Waals surface area contributed by atoms with Crippen LogP contribution < -0.4 is 4.90 Å². The summed E-state index contributed by atoms with van der Waals surface area (Å²) in [5.74, 6) is 0. The Morgan fingerprint density at radius 3 is 1.73 bits per heavy atom. The Hall–Kier alpha value is -6.74. The molecule has 1 nitrogen and oxygen atoms in total. The van der Waals surface area contributed by atoms with Crippen LogP contribution in [0.5, 0.6) is 0 Å². The van der Waals surface area contributed by atoms with Gasteiger partial charge in [0.2, 0.25) is 0 Å². The van der Waals surface area contributed by atoms with Gasteiger partial charge >= 0.3 is 0 Å². The molecule has 9 aromatic carbocycles. The van der Waals surface area contributed by atoms with Gasteiger partial charge in [0, 0.05) is 31.4 Å². The summed E-state index contributed by atoms with van der Waals surface area (Å²) >= 11 is 1.87. The molecule has 10 aromatic rings. The van der Waals surface area contributed by atoms with Gasteiger partial charge in [-0.25, -0.2) is 0 Å². The summed E-state index contributed by atoms with van der Waals surface area (Å²) in [4.78, 5) is 2.53. The average Bonchev–Trinajstić information content (AvgIpc) is 3.89. The zero-order valence-electron chi connectivity index (χ0n) is 29.9. The van der Waals surface area contributed by atoms with Crippen LogP contribution in [-0.2, 0) is 5.41 Å². The Bertz CT molecular complexity index is 3120. The molecule has 1 aromatic heterocycles. The predicted octanol–water partition coefficient (Wildman–Crippen LogP) is 14.7. The first-order chi connectivity index (χ1) is 27.3. The van der Waals surface area contributed by atoms with Crippen LogP contribution in [0.3, 0.4) is 0 Å². The summed E-state index contributed by atoms with van der Waals surface area (Å²) in [6, 6.07) is 74.5. The smallest absolute Gasteiger partial charge is 0.0726 e. The van der Waals surface area contributed by atoms with Crippen molar-refractivity contribution in [1.29, 1.82) is 0 Å². The van der Waals surface area contributed by atoms with E-state index in [0.29, 0.717) is 0 Å². The second kappa shape index (κ2) is 11.6. The van der Waals surface area contributed by atoms with E-state index >= 15 is 0 Å². The molecule has 12 rings (SSSR count). The van der Waals surface area contributed by atoms with Crippen molar-refractivity contribution in [3.05, 3.63) is 222 Å². The maximum atomic E-state index is 2.53. The minimum atomic E-state index is -0.415. The van der Waals surface area contributed by atoms with Crippen LogP contribution in [0.2, 0.25) is 0 Å². The van der Waals surface area contributed by atoms with Crippen molar-refractivity contribution < 1.29 is 0 Å². The molecule has 0 saturated carbocycles. The zero-order valence-corrected chi connectivity index (χ0v) is 30.7. The molecule has 2 heteroatoms. The molecule has 0 bridgehead atoms. The molecule has 0 unspecified atom stereocenters. The lowest BCUT2D eigenvalue weighted by Crippen LogP contribution is -2.26. The van der Waals surface area contributed by atoms with E-state index in [2.05, 4.69) is 205 Å². The van der Waals surface area contributed by atoms with Crippen LogP contribution >= 0.6 is 11.3 Å². The predicted molar refractivity (Wildman–Crippen MR) is 233 cm³/mol. The number of thiophene rings is 1. The lowest BCUT2D eigenvalue weighted by Gasteiger charge is -2.32. The standard InChI is InChI=1S/C53H33NS/c1-2-14-36-33-37(28-27-34(36)13-1)35-29-31-38(32-30-35)54(48-24-12-26-50-52(48)42-18-6-10-25-49(42)55-50)47-23-11-22-46-51(47)41-17-5-9-21-45(41)53(46)43-19-7-3-15-39(43)40-16-4-8-20-44(40)53/h1-33H. The Labute approximate surface area is 324 Å². The van der Waals surface area contributed by atoms with Crippen molar-refractivity contribution in [3.63, 3.8) is 0 Å². The highest BCUT2D eigenvalue weighted by atomic mass is 32.1. The number of hydrogen-bond donors (Lipinski definition) is 0. The SMILES string of the molecule is c1ccc2c(c1)-c1ccccc1C21c2ccccc2-c2c(N(c3ccc(-c4ccc5ccccc5c4)cc3)c3cccc4sc5ccccc5c34)cccc21. The minimum Gasteiger partial charge on any atom is -0.309 e. The first kappa shape index (κ1) is 30.7. The number of benzene rings is 9. The van der Waals surface area contributed by atoms with Crippen molar-refractivity contribution in [2.75, 3.05) is 4.90 Å². The molecule has 0 radical (unpaired) electrons. The van der Waals surface area contributed by atoms with E-state index in [1.54, 1.807) is 0 Å².